The van der Waals surface area contributed by atoms with Crippen LogP contribution in [0.15, 0.2) is 35.0 Å². The van der Waals surface area contributed by atoms with Gasteiger partial charge in [-0.3, -0.25) is 0 Å². The largest absolute Gasteiger partial charge is 0.504 e. The molecule has 0 saturated heterocycles. The molecule has 0 fully saturated rings. The number of aromatic hydroxyl groups is 1. The molecule has 0 aliphatic rings. The second-order valence-corrected chi connectivity index (χ2v) is 5.17. The second kappa shape index (κ2) is 6.59. The van der Waals surface area contributed by atoms with Crippen molar-refractivity contribution in [1.82, 2.24) is 5.32 Å². The molecule has 1 aromatic carbocycles. The minimum atomic E-state index is 0.191. The molecule has 2 N–H and O–H groups in total. The van der Waals surface area contributed by atoms with Crippen molar-refractivity contribution in [3.63, 3.8) is 0 Å². The maximum Gasteiger partial charge on any atom is 0.161 e. The van der Waals surface area contributed by atoms with E-state index in [0.29, 0.717) is 18.4 Å². The van der Waals surface area contributed by atoms with Gasteiger partial charge in [0.25, 0.3) is 0 Å². The van der Waals surface area contributed by atoms with Crippen molar-refractivity contribution in [3.8, 4) is 11.5 Å². The molecule has 2 aromatic rings. The van der Waals surface area contributed by atoms with Gasteiger partial charge in [0.05, 0.1) is 6.61 Å². The normalized spacial score (nSPS) is 12.3. The van der Waals surface area contributed by atoms with Crippen LogP contribution >= 0.6 is 11.3 Å². The maximum absolute atomic E-state index is 9.65. The number of hydrogen-bond donors (Lipinski definition) is 2. The molecule has 3 nitrogen and oxygen atoms in total. The van der Waals surface area contributed by atoms with E-state index in [1.165, 1.54) is 5.56 Å². The summed E-state index contributed by atoms with van der Waals surface area (Å²) in [6, 6.07) is 7.91. The van der Waals surface area contributed by atoms with Crippen molar-refractivity contribution < 1.29 is 9.84 Å². The summed E-state index contributed by atoms with van der Waals surface area (Å²) in [6.45, 7) is 5.35. The Morgan fingerprint density at radius 1 is 1.37 bits per heavy atom. The van der Waals surface area contributed by atoms with E-state index < -0.39 is 0 Å². The van der Waals surface area contributed by atoms with E-state index in [1.807, 2.05) is 19.1 Å². The van der Waals surface area contributed by atoms with Crippen LogP contribution in [0, 0.1) is 0 Å². The zero-order valence-corrected chi connectivity index (χ0v) is 12.0. The number of benzene rings is 1. The molecule has 1 aromatic heterocycles. The number of thiophene rings is 1. The molecule has 0 saturated carbocycles. The molecular weight excluding hydrogens is 258 g/mol. The number of hydrogen-bond acceptors (Lipinski definition) is 4. The third-order valence-corrected chi connectivity index (χ3v) is 3.68. The first-order valence-electron chi connectivity index (χ1n) is 6.41. The smallest absolute Gasteiger partial charge is 0.161 e. The Morgan fingerprint density at radius 3 is 2.89 bits per heavy atom. The van der Waals surface area contributed by atoms with Crippen molar-refractivity contribution >= 4 is 11.3 Å². The highest BCUT2D eigenvalue weighted by atomic mass is 32.1. The van der Waals surface area contributed by atoms with Gasteiger partial charge in [-0.2, -0.15) is 11.3 Å². The summed E-state index contributed by atoms with van der Waals surface area (Å²) >= 11 is 1.71. The summed E-state index contributed by atoms with van der Waals surface area (Å²) in [7, 11) is 0. The lowest BCUT2D eigenvalue weighted by Crippen LogP contribution is -2.17. The Morgan fingerprint density at radius 2 is 2.21 bits per heavy atom. The Labute approximate surface area is 117 Å². The molecule has 0 amide bonds. The van der Waals surface area contributed by atoms with Gasteiger partial charge in [-0.15, -0.1) is 0 Å². The molecule has 4 heteroatoms. The van der Waals surface area contributed by atoms with E-state index in [0.717, 1.165) is 12.1 Å². The average molecular weight is 277 g/mol. The molecular formula is C15H19NO2S. The number of phenols is 1. The molecule has 1 unspecified atom stereocenters. The molecule has 0 aliphatic heterocycles. The van der Waals surface area contributed by atoms with Crippen molar-refractivity contribution in [3.05, 3.63) is 46.2 Å². The monoisotopic (exact) mass is 277 g/mol. The highest BCUT2D eigenvalue weighted by Gasteiger charge is 2.07. The summed E-state index contributed by atoms with van der Waals surface area (Å²) in [5, 5.41) is 17.3. The van der Waals surface area contributed by atoms with Crippen LogP contribution in [0.4, 0.5) is 0 Å². The van der Waals surface area contributed by atoms with Crippen LogP contribution in [0.1, 0.15) is 31.0 Å². The third-order valence-electron chi connectivity index (χ3n) is 2.98. The fourth-order valence-electron chi connectivity index (χ4n) is 1.85. The van der Waals surface area contributed by atoms with Gasteiger partial charge in [-0.25, -0.2) is 0 Å². The van der Waals surface area contributed by atoms with Crippen molar-refractivity contribution in [2.75, 3.05) is 6.61 Å². The summed E-state index contributed by atoms with van der Waals surface area (Å²) < 4.78 is 5.38. The van der Waals surface area contributed by atoms with Crippen LogP contribution in [0.25, 0.3) is 0 Å². The molecule has 102 valence electrons. The van der Waals surface area contributed by atoms with Crippen molar-refractivity contribution in [2.24, 2.45) is 0 Å². The summed E-state index contributed by atoms with van der Waals surface area (Å²) in [5.74, 6) is 0.737. The van der Waals surface area contributed by atoms with Gasteiger partial charge in [0.1, 0.15) is 0 Å². The summed E-state index contributed by atoms with van der Waals surface area (Å²) in [4.78, 5) is 0. The van der Waals surface area contributed by atoms with E-state index in [1.54, 1.807) is 17.4 Å². The minimum absolute atomic E-state index is 0.191. The molecule has 1 heterocycles. The van der Waals surface area contributed by atoms with Gasteiger partial charge in [0, 0.05) is 12.6 Å². The first kappa shape index (κ1) is 13.9. The SMILES string of the molecule is CCOc1cc(CNC(C)c2ccsc2)ccc1O. The Balaban J connectivity index is 1.97. The third kappa shape index (κ3) is 3.72. The fraction of sp³-hybridized carbons (Fsp3) is 0.333. The standard InChI is InChI=1S/C15H19NO2S/c1-3-18-15-8-12(4-5-14(15)17)9-16-11(2)13-6-7-19-10-13/h4-8,10-11,16-17H,3,9H2,1-2H3. The van der Waals surface area contributed by atoms with Crippen molar-refractivity contribution in [2.45, 2.75) is 26.4 Å². The molecule has 0 radical (unpaired) electrons. The summed E-state index contributed by atoms with van der Waals surface area (Å²) in [6.07, 6.45) is 0. The fourth-order valence-corrected chi connectivity index (χ4v) is 2.60. The topological polar surface area (TPSA) is 41.5 Å². The number of phenolic OH excluding ortho intramolecular Hbond substituents is 1. The molecule has 19 heavy (non-hydrogen) atoms. The Kier molecular flexibility index (Phi) is 4.82. The van der Waals surface area contributed by atoms with Crippen LogP contribution in [-0.4, -0.2) is 11.7 Å². The Hall–Kier alpha value is -1.52. The maximum atomic E-state index is 9.65. The number of ether oxygens (including phenoxy) is 1. The first-order valence-corrected chi connectivity index (χ1v) is 7.35. The highest BCUT2D eigenvalue weighted by molar-refractivity contribution is 7.07. The van der Waals surface area contributed by atoms with Gasteiger partial charge >= 0.3 is 0 Å². The predicted molar refractivity (Wildman–Crippen MR) is 78.8 cm³/mol. The second-order valence-electron chi connectivity index (χ2n) is 4.39. The lowest BCUT2D eigenvalue weighted by Gasteiger charge is -2.13. The van der Waals surface area contributed by atoms with Crippen molar-refractivity contribution in [1.29, 1.82) is 0 Å². The highest BCUT2D eigenvalue weighted by Crippen LogP contribution is 2.27. The zero-order valence-electron chi connectivity index (χ0n) is 11.2. The van der Waals surface area contributed by atoms with Gasteiger partial charge in [0.15, 0.2) is 11.5 Å². The van der Waals surface area contributed by atoms with Crippen LogP contribution in [0.5, 0.6) is 11.5 Å². The van der Waals surface area contributed by atoms with Crippen LogP contribution in [0.3, 0.4) is 0 Å². The van der Waals surface area contributed by atoms with E-state index >= 15 is 0 Å². The average Bonchev–Trinajstić information content (AvgIpc) is 2.93. The number of rotatable bonds is 6. The van der Waals surface area contributed by atoms with Crippen LogP contribution in [-0.2, 0) is 6.54 Å². The van der Waals surface area contributed by atoms with Gasteiger partial charge < -0.3 is 15.2 Å². The first-order chi connectivity index (χ1) is 9.20. The summed E-state index contributed by atoms with van der Waals surface area (Å²) in [5.41, 5.74) is 2.40. The van der Waals surface area contributed by atoms with Gasteiger partial charge in [-0.1, -0.05) is 6.07 Å². The van der Waals surface area contributed by atoms with Crippen LogP contribution < -0.4 is 10.1 Å². The minimum Gasteiger partial charge on any atom is -0.504 e. The molecule has 0 spiro atoms. The van der Waals surface area contributed by atoms with Crippen LogP contribution in [0.2, 0.25) is 0 Å². The molecule has 0 aliphatic carbocycles. The van der Waals surface area contributed by atoms with Gasteiger partial charge in [-0.05, 0) is 53.9 Å². The lowest BCUT2D eigenvalue weighted by molar-refractivity contribution is 0.317. The van der Waals surface area contributed by atoms with E-state index in [-0.39, 0.29) is 5.75 Å². The number of nitrogens with one attached hydrogen (secondary N) is 1. The van der Waals surface area contributed by atoms with Gasteiger partial charge in [0.2, 0.25) is 0 Å². The molecule has 0 bridgehead atoms. The van der Waals surface area contributed by atoms with E-state index in [9.17, 15) is 5.11 Å². The zero-order chi connectivity index (χ0) is 13.7. The molecule has 1 atom stereocenters. The lowest BCUT2D eigenvalue weighted by atomic mass is 10.1. The predicted octanol–water partition coefficient (Wildman–Crippen LogP) is 3.70. The van der Waals surface area contributed by atoms with E-state index in [4.69, 9.17) is 4.74 Å². The Bertz CT molecular complexity index is 511. The van der Waals surface area contributed by atoms with E-state index in [2.05, 4.69) is 29.1 Å². The molecule has 2 rings (SSSR count). The quantitative estimate of drug-likeness (QED) is 0.846.